The van der Waals surface area contributed by atoms with Gasteiger partial charge in [0.25, 0.3) is 0 Å². The number of carbonyl (C=O) groups is 2. The van der Waals surface area contributed by atoms with Gasteiger partial charge in [-0.15, -0.1) is 0 Å². The molecule has 8 rings (SSSR count). The third-order valence-corrected chi connectivity index (χ3v) is 10.9. The number of hydrogen-bond acceptors (Lipinski definition) is 8. The van der Waals surface area contributed by atoms with Crippen LogP contribution < -0.4 is 0 Å². The number of aliphatic carboxylic acids is 2. The van der Waals surface area contributed by atoms with E-state index in [-0.39, 0.29) is 62.2 Å². The van der Waals surface area contributed by atoms with E-state index in [1.807, 2.05) is 48.5 Å². The number of hydrogen-bond donors (Lipinski definition) is 6. The molecule has 2 heterocycles. The van der Waals surface area contributed by atoms with Crippen molar-refractivity contribution in [3.8, 4) is 22.3 Å². The van der Waals surface area contributed by atoms with Crippen molar-refractivity contribution in [3.05, 3.63) is 143 Å². The molecule has 13 heteroatoms. The molecule has 0 bridgehead atoms. The standard InChI is InChI=1S/2C25H24FNO4.Ca/c2*26-17-9-7-15(8-10-17)24-20-3-1-2-4-22(20)27-25(16-5-6-16)21(24)12-11-18(28)13-19(29)14-23(30)31;/h2*1-4,7-12,16,18-19,28-29H,5-6,13-14H2,(H,30,31);/b2*12-11+;/t2*18-,19-;/m00./s1. The Hall–Kier alpha value is -4.92. The van der Waals surface area contributed by atoms with Crippen LogP contribution in [-0.2, 0) is 9.59 Å². The molecule has 63 heavy (non-hydrogen) atoms. The molecule has 6 aromatic rings. The minimum Gasteiger partial charge on any atom is -0.481 e. The maximum atomic E-state index is 13.6. The van der Waals surface area contributed by atoms with Crippen LogP contribution in [0, 0.1) is 11.6 Å². The molecule has 2 aromatic heterocycles. The second-order valence-corrected chi connectivity index (χ2v) is 16.0. The first kappa shape index (κ1) is 47.6. The van der Waals surface area contributed by atoms with Gasteiger partial charge in [0.2, 0.25) is 0 Å². The Morgan fingerprint density at radius 2 is 0.921 bits per heavy atom. The number of nitrogens with zero attached hydrogens (tertiary/aromatic N) is 2. The van der Waals surface area contributed by atoms with E-state index in [1.165, 1.54) is 24.3 Å². The fourth-order valence-electron chi connectivity index (χ4n) is 7.72. The van der Waals surface area contributed by atoms with E-state index in [0.717, 1.165) is 92.3 Å². The van der Waals surface area contributed by atoms with E-state index in [0.29, 0.717) is 11.8 Å². The Morgan fingerprint density at radius 1 is 0.571 bits per heavy atom. The van der Waals surface area contributed by atoms with Gasteiger partial charge in [0, 0.05) is 95.4 Å². The topological polar surface area (TPSA) is 181 Å². The summed E-state index contributed by atoms with van der Waals surface area (Å²) in [7, 11) is 0. The van der Waals surface area contributed by atoms with Crippen LogP contribution in [0.25, 0.3) is 56.2 Å². The van der Waals surface area contributed by atoms with Gasteiger partial charge in [-0.05, 0) is 73.2 Å². The number of halogens is 2. The minimum atomic E-state index is -1.13. The largest absolute Gasteiger partial charge is 0.481 e. The summed E-state index contributed by atoms with van der Waals surface area (Å²) in [6, 6.07) is 28.2. The number of carboxylic acid groups (broad SMARTS) is 2. The molecule has 322 valence electrons. The second-order valence-electron chi connectivity index (χ2n) is 16.0. The first-order chi connectivity index (χ1) is 29.8. The van der Waals surface area contributed by atoms with Crippen LogP contribution in [0.5, 0.6) is 0 Å². The summed E-state index contributed by atoms with van der Waals surface area (Å²) < 4.78 is 27.2. The minimum absolute atomic E-state index is 0. The van der Waals surface area contributed by atoms with Crippen LogP contribution in [0.2, 0.25) is 0 Å². The van der Waals surface area contributed by atoms with Crippen molar-refractivity contribution in [3.63, 3.8) is 0 Å². The van der Waals surface area contributed by atoms with Crippen LogP contribution in [0.15, 0.2) is 109 Å². The van der Waals surface area contributed by atoms with E-state index in [2.05, 4.69) is 0 Å². The van der Waals surface area contributed by atoms with Crippen molar-refractivity contribution in [1.82, 2.24) is 9.97 Å². The average Bonchev–Trinajstić information content (AvgIpc) is 4.17. The molecular formula is C50H48CaF2N2O8. The number of aliphatic hydroxyl groups is 4. The molecule has 0 amide bonds. The monoisotopic (exact) mass is 882 g/mol. The molecule has 6 N–H and O–H groups in total. The van der Waals surface area contributed by atoms with E-state index in [1.54, 1.807) is 48.6 Å². The maximum absolute atomic E-state index is 13.6. The Labute approximate surface area is 393 Å². The molecular weight excluding hydrogens is 835 g/mol. The third-order valence-electron chi connectivity index (χ3n) is 10.9. The molecule has 0 spiro atoms. The van der Waals surface area contributed by atoms with Gasteiger partial charge in [0.15, 0.2) is 0 Å². The molecule has 0 saturated heterocycles. The summed E-state index contributed by atoms with van der Waals surface area (Å²) in [5.74, 6) is -2.20. The number of carboxylic acids is 2. The number of benzene rings is 4. The predicted octanol–water partition coefficient (Wildman–Crippen LogP) is 8.66. The van der Waals surface area contributed by atoms with E-state index in [9.17, 15) is 38.8 Å². The molecule has 2 fully saturated rings. The van der Waals surface area contributed by atoms with Crippen molar-refractivity contribution in [2.75, 3.05) is 0 Å². The number of para-hydroxylation sites is 2. The van der Waals surface area contributed by atoms with Gasteiger partial charge >= 0.3 is 11.9 Å². The number of aromatic nitrogens is 2. The van der Waals surface area contributed by atoms with Crippen LogP contribution >= 0.6 is 0 Å². The summed E-state index contributed by atoms with van der Waals surface area (Å²) in [4.78, 5) is 31.3. The molecule has 0 unspecified atom stereocenters. The zero-order valence-electron chi connectivity index (χ0n) is 34.5. The van der Waals surface area contributed by atoms with E-state index < -0.39 is 49.2 Å². The third kappa shape index (κ3) is 12.6. The predicted molar refractivity (Wildman–Crippen MR) is 240 cm³/mol. The van der Waals surface area contributed by atoms with Crippen molar-refractivity contribution in [2.45, 2.75) is 87.6 Å². The number of pyridine rings is 2. The van der Waals surface area contributed by atoms with Crippen molar-refractivity contribution < 1.29 is 49.0 Å². The van der Waals surface area contributed by atoms with Crippen molar-refractivity contribution in [1.29, 1.82) is 0 Å². The van der Waals surface area contributed by atoms with E-state index in [4.69, 9.17) is 20.2 Å². The van der Waals surface area contributed by atoms with Gasteiger partial charge in [-0.1, -0.05) is 85.0 Å². The SMILES string of the molecule is O=C(O)C[C@@H](O)C[C@@H](O)/C=C/c1c(C2CC2)nc2ccccc2c1-c1ccc(F)cc1.O=C(O)C[C@@H](O)C[C@@H](O)/C=C/c1c(C2CC2)nc2ccccc2c1-c1ccc(F)cc1.[Ca]. The maximum Gasteiger partial charge on any atom is 0.305 e. The van der Waals surface area contributed by atoms with Crippen LogP contribution in [0.1, 0.15) is 85.7 Å². The molecule has 4 aromatic carbocycles. The molecule has 0 aliphatic heterocycles. The Balaban J connectivity index is 0.000000206. The summed E-state index contributed by atoms with van der Waals surface area (Å²) in [5.41, 5.74) is 8.85. The fourth-order valence-corrected chi connectivity index (χ4v) is 7.72. The van der Waals surface area contributed by atoms with Crippen molar-refractivity contribution >= 4 is 83.6 Å². The number of rotatable bonds is 16. The zero-order chi connectivity index (χ0) is 43.9. The van der Waals surface area contributed by atoms with Gasteiger partial charge < -0.3 is 30.6 Å². The average molecular weight is 883 g/mol. The molecule has 2 saturated carbocycles. The fraction of sp³-hybridized carbons (Fsp3) is 0.280. The molecule has 10 nitrogen and oxygen atoms in total. The van der Waals surface area contributed by atoms with Gasteiger partial charge in [-0.3, -0.25) is 19.6 Å². The van der Waals surface area contributed by atoms with Gasteiger partial charge in [0.1, 0.15) is 11.6 Å². The van der Waals surface area contributed by atoms with Gasteiger partial charge in [-0.2, -0.15) is 0 Å². The summed E-state index contributed by atoms with van der Waals surface area (Å²) in [6.07, 6.45) is 5.60. The van der Waals surface area contributed by atoms with Crippen molar-refractivity contribution in [2.24, 2.45) is 0 Å². The smallest absolute Gasteiger partial charge is 0.305 e. The first-order valence-electron chi connectivity index (χ1n) is 20.7. The molecule has 2 aliphatic rings. The number of fused-ring (bicyclic) bond motifs is 2. The Kier molecular flexibility index (Phi) is 16.3. The zero-order valence-corrected chi connectivity index (χ0v) is 36.7. The quantitative estimate of drug-likeness (QED) is 0.0515. The van der Waals surface area contributed by atoms with Gasteiger partial charge in [0.05, 0.1) is 59.7 Å². The first-order valence-corrected chi connectivity index (χ1v) is 20.7. The summed E-state index contributed by atoms with van der Waals surface area (Å²) >= 11 is 0. The van der Waals surface area contributed by atoms with Crippen LogP contribution in [-0.4, -0.2) is 115 Å². The summed E-state index contributed by atoms with van der Waals surface area (Å²) in [5, 5.41) is 59.8. The number of aliphatic hydroxyl groups excluding tert-OH is 4. The molecule has 2 radical (unpaired) electrons. The van der Waals surface area contributed by atoms with Crippen LogP contribution in [0.3, 0.4) is 0 Å². The normalized spacial score (nSPS) is 15.7. The Morgan fingerprint density at radius 3 is 1.25 bits per heavy atom. The second kappa shape index (κ2) is 21.6. The molecule has 2 aliphatic carbocycles. The van der Waals surface area contributed by atoms with Crippen LogP contribution in [0.4, 0.5) is 8.78 Å². The Bertz CT molecular complexity index is 2430. The van der Waals surface area contributed by atoms with E-state index >= 15 is 0 Å². The summed E-state index contributed by atoms with van der Waals surface area (Å²) in [6.45, 7) is 0. The molecule has 4 atom stereocenters. The van der Waals surface area contributed by atoms with Gasteiger partial charge in [-0.25, -0.2) is 8.78 Å².